The number of rotatable bonds is 16. The molecule has 6 aromatic rings. The molecule has 0 radical (unpaired) electrons. The third kappa shape index (κ3) is 11.8. The molecule has 0 aliphatic rings. The molecule has 0 fully saturated rings. The van der Waals surface area contributed by atoms with Gasteiger partial charge in [-0.15, -0.1) is 24.8 Å². The van der Waals surface area contributed by atoms with Gasteiger partial charge >= 0.3 is 6.08 Å². The van der Waals surface area contributed by atoms with Crippen LogP contribution in [-0.2, 0) is 39.7 Å². The zero-order valence-corrected chi connectivity index (χ0v) is 35.0. The van der Waals surface area contributed by atoms with Gasteiger partial charge in [0.05, 0.1) is 33.2 Å². The van der Waals surface area contributed by atoms with E-state index in [0.717, 1.165) is 36.4 Å². The average Bonchev–Trinajstić information content (AvgIpc) is 3.18. The molecule has 26 nitrogen and oxygen atoms in total. The van der Waals surface area contributed by atoms with Crippen LogP contribution in [0.2, 0.25) is 5.28 Å². The van der Waals surface area contributed by atoms with Gasteiger partial charge < -0.3 is 27.4 Å². The second-order valence-electron chi connectivity index (χ2n) is 12.0. The number of azo groups is 2. The fraction of sp³-hybridized carbons (Fsp3) is 0. The molecule has 0 aliphatic heterocycles. The Kier molecular flexibility index (Phi) is 13.8. The van der Waals surface area contributed by atoms with Crippen LogP contribution in [0, 0.1) is 12.0 Å². The molecule has 6 rings (SSSR count). The van der Waals surface area contributed by atoms with Crippen molar-refractivity contribution in [1.82, 2.24) is 24.9 Å². The molecule has 2 heterocycles. The average molecular weight is 985 g/mol. The van der Waals surface area contributed by atoms with Crippen molar-refractivity contribution in [2.45, 2.75) is 19.6 Å². The molecule has 4 aromatic carbocycles. The third-order valence-electron chi connectivity index (χ3n) is 7.66. The Morgan fingerprint density at radius 3 is 1.89 bits per heavy atom. The summed E-state index contributed by atoms with van der Waals surface area (Å²) in [5, 5.41) is 35.5. The first-order chi connectivity index (χ1) is 30.1. The monoisotopic (exact) mass is 984 g/mol. The van der Waals surface area contributed by atoms with Crippen LogP contribution in [0.5, 0.6) is 0 Å². The lowest BCUT2D eigenvalue weighted by Crippen LogP contribution is -2.05. The highest BCUT2D eigenvalue weighted by molar-refractivity contribution is 7.94. The molecule has 0 unspecified atom stereocenters. The van der Waals surface area contributed by atoms with Crippen molar-refractivity contribution in [3.8, 4) is 0 Å². The Bertz CT molecular complexity index is 3190. The van der Waals surface area contributed by atoms with E-state index in [9.17, 15) is 47.7 Å². The zero-order chi connectivity index (χ0) is 46.6. The molecule has 0 saturated carbocycles. The highest BCUT2D eigenvalue weighted by Crippen LogP contribution is 2.44. The zero-order valence-electron chi connectivity index (χ0n) is 30.9. The van der Waals surface area contributed by atoms with Crippen molar-refractivity contribution in [2.24, 2.45) is 20.5 Å². The molecular formula is C31H23ClF2N14O12S4. The predicted molar refractivity (Wildman–Crippen MR) is 220 cm³/mol. The summed E-state index contributed by atoms with van der Waals surface area (Å²) in [4.78, 5) is 16.0. The van der Waals surface area contributed by atoms with Crippen molar-refractivity contribution >= 4 is 123 Å². The molecule has 0 bridgehead atoms. The number of aromatic nitrogens is 5. The lowest BCUT2D eigenvalue weighted by molar-refractivity contribution is -0.432. The molecule has 0 amide bonds. The van der Waals surface area contributed by atoms with E-state index >= 15 is 0 Å². The van der Waals surface area contributed by atoms with Gasteiger partial charge in [-0.05, 0) is 72.3 Å². The van der Waals surface area contributed by atoms with Gasteiger partial charge in [-0.25, -0.2) is 5.26 Å². The van der Waals surface area contributed by atoms with Crippen molar-refractivity contribution in [1.29, 1.82) is 0 Å². The van der Waals surface area contributed by atoms with E-state index in [1.807, 2.05) is 0 Å². The number of benzene rings is 4. The van der Waals surface area contributed by atoms with Gasteiger partial charge in [0.15, 0.2) is 0 Å². The lowest BCUT2D eigenvalue weighted by atomic mass is 10.2. The molecule has 11 N–H and O–H groups in total. The van der Waals surface area contributed by atoms with E-state index in [4.69, 9.17) is 28.3 Å². The standard InChI is InChI=1S/C31H23ClF2N14O12S4/c32-28-42-30(38-13-2-1-3-16(8-13)62(50,51)52)44-31(43-28)39-15-5-7-21(63(53,54)55)18(10-15)46-47-19-11-22(64(56,57)58)26(36)27(25(19)35)48-45-17-9-14(4-6-20(17)61-60-59-49)37-24-12-23(33)40-29(34)41-24/h1-12,49H,35-36H2,(H,37,40,41)(H,50,51,52)(H,53,54,55)(H,56,57,58)(H2,38,39,42,43,44). The molecule has 334 valence electrons. The van der Waals surface area contributed by atoms with Crippen LogP contribution in [0.1, 0.15) is 0 Å². The van der Waals surface area contributed by atoms with E-state index in [1.54, 1.807) is 0 Å². The Hall–Kier alpha value is -6.72. The minimum atomic E-state index is -5.19. The topological polar surface area (TPSA) is 404 Å². The summed E-state index contributed by atoms with van der Waals surface area (Å²) in [5.74, 6) is -2.03. The second kappa shape index (κ2) is 18.9. The van der Waals surface area contributed by atoms with Gasteiger partial charge in [0.2, 0.25) is 23.1 Å². The largest absolute Gasteiger partial charge is 0.396 e. The Balaban J connectivity index is 1.37. The quantitative estimate of drug-likeness (QED) is 0.00689. The normalized spacial score (nSPS) is 12.2. The van der Waals surface area contributed by atoms with Crippen molar-refractivity contribution in [3.63, 3.8) is 0 Å². The second-order valence-corrected chi connectivity index (χ2v) is 17.3. The number of nitrogen functional groups attached to an aromatic ring is 2. The number of nitrogens with one attached hydrogen (secondary N) is 3. The molecule has 2 aromatic heterocycles. The summed E-state index contributed by atoms with van der Waals surface area (Å²) in [6.07, 6.45) is -1.39. The van der Waals surface area contributed by atoms with E-state index in [-0.39, 0.29) is 50.6 Å². The van der Waals surface area contributed by atoms with E-state index in [2.05, 4.69) is 70.7 Å². The molecule has 0 spiro atoms. The first-order valence-corrected chi connectivity index (χ1v) is 21.9. The molecular weight excluding hydrogens is 962 g/mol. The summed E-state index contributed by atoms with van der Waals surface area (Å²) >= 11 is 6.45. The Labute approximate surface area is 366 Å². The summed E-state index contributed by atoms with van der Waals surface area (Å²) in [7, 11) is -14.8. The predicted octanol–water partition coefficient (Wildman–Crippen LogP) is 6.99. The fourth-order valence-electron chi connectivity index (χ4n) is 5.02. The van der Waals surface area contributed by atoms with Crippen molar-refractivity contribution < 1.29 is 62.3 Å². The minimum absolute atomic E-state index is 0.0303. The smallest absolute Gasteiger partial charge is 0.313 e. The van der Waals surface area contributed by atoms with Gasteiger partial charge in [0.25, 0.3) is 30.4 Å². The van der Waals surface area contributed by atoms with Crippen LogP contribution in [-0.4, -0.2) is 69.1 Å². The number of nitrogens with zero attached hydrogens (tertiary/aromatic N) is 9. The van der Waals surface area contributed by atoms with Gasteiger partial charge in [-0.3, -0.25) is 13.7 Å². The molecule has 0 atom stereocenters. The maximum Gasteiger partial charge on any atom is 0.313 e. The van der Waals surface area contributed by atoms with Gasteiger partial charge in [-0.1, -0.05) is 11.1 Å². The number of anilines is 8. The molecule has 64 heavy (non-hydrogen) atoms. The minimum Gasteiger partial charge on any atom is -0.396 e. The van der Waals surface area contributed by atoms with Crippen LogP contribution in [0.4, 0.5) is 77.7 Å². The van der Waals surface area contributed by atoms with E-state index < -0.39 is 85.5 Å². The summed E-state index contributed by atoms with van der Waals surface area (Å²) in [6, 6.07) is 13.2. The SMILES string of the molecule is Nc1c(N=Nc2cc(Nc3nc(Cl)nc(Nc4cccc(S(=O)(=O)O)c4)n3)ccc2S(=O)(=O)O)cc(S(=O)(=O)O)c(N)c1N=Nc1cc(Nc2cc(F)nc(F)n2)ccc1SOOO. The summed E-state index contributed by atoms with van der Waals surface area (Å²) < 4.78 is 134. The van der Waals surface area contributed by atoms with Crippen LogP contribution in [0.3, 0.4) is 0 Å². The Morgan fingerprint density at radius 1 is 0.641 bits per heavy atom. The first kappa shape index (κ1) is 46.8. The number of hydrogen-bond donors (Lipinski definition) is 9. The van der Waals surface area contributed by atoms with Crippen LogP contribution >= 0.6 is 23.6 Å². The van der Waals surface area contributed by atoms with Gasteiger partial charge in [0, 0.05) is 23.1 Å². The van der Waals surface area contributed by atoms with Gasteiger partial charge in [-0.2, -0.15) is 59.0 Å². The van der Waals surface area contributed by atoms with Crippen molar-refractivity contribution in [3.05, 3.63) is 90.1 Å². The van der Waals surface area contributed by atoms with Crippen LogP contribution in [0.25, 0.3) is 0 Å². The summed E-state index contributed by atoms with van der Waals surface area (Å²) in [6.45, 7) is 0. The molecule has 33 heteroatoms. The van der Waals surface area contributed by atoms with E-state index in [1.165, 1.54) is 30.3 Å². The number of hydrogen-bond acceptors (Lipinski definition) is 24. The Morgan fingerprint density at radius 2 is 1.25 bits per heavy atom. The summed E-state index contributed by atoms with van der Waals surface area (Å²) in [5.41, 5.74) is 9.08. The van der Waals surface area contributed by atoms with Crippen LogP contribution < -0.4 is 27.4 Å². The molecule has 0 aliphatic carbocycles. The van der Waals surface area contributed by atoms with Crippen LogP contribution in [0.15, 0.2) is 113 Å². The highest BCUT2D eigenvalue weighted by atomic mass is 35.5. The fourth-order valence-corrected chi connectivity index (χ4v) is 7.36. The molecule has 0 saturated heterocycles. The number of nitrogens with two attached hydrogens (primary N) is 2. The highest BCUT2D eigenvalue weighted by Gasteiger charge is 2.24. The maximum absolute atomic E-state index is 13.7. The van der Waals surface area contributed by atoms with Crippen molar-refractivity contribution in [2.75, 3.05) is 27.4 Å². The maximum atomic E-state index is 13.7. The van der Waals surface area contributed by atoms with E-state index in [0.29, 0.717) is 18.1 Å². The third-order valence-corrected chi connectivity index (χ3v) is 11.1. The van der Waals surface area contributed by atoms with Gasteiger partial charge in [0.1, 0.15) is 38.4 Å². The number of halogens is 3. The lowest BCUT2D eigenvalue weighted by Gasteiger charge is -2.12. The first-order valence-electron chi connectivity index (χ1n) is 16.5.